The number of aryl methyl sites for hydroxylation is 1. The van der Waals surface area contributed by atoms with Crippen molar-refractivity contribution in [3.63, 3.8) is 0 Å². The van der Waals surface area contributed by atoms with Gasteiger partial charge in [-0.2, -0.15) is 0 Å². The van der Waals surface area contributed by atoms with E-state index in [9.17, 15) is 14.7 Å². The number of carbonyl (C=O) groups excluding carboxylic acids is 2. The molecule has 2 aromatic rings. The number of rotatable bonds is 5. The number of benzene rings is 2. The van der Waals surface area contributed by atoms with E-state index in [-0.39, 0.29) is 11.3 Å². The van der Waals surface area contributed by atoms with Gasteiger partial charge in [0, 0.05) is 24.5 Å². The zero-order valence-electron chi connectivity index (χ0n) is 14.7. The molecule has 1 aliphatic rings. The van der Waals surface area contributed by atoms with Gasteiger partial charge in [-0.05, 0) is 61.7 Å². The lowest BCUT2D eigenvalue weighted by atomic mass is 10.1. The number of anilines is 2. The summed E-state index contributed by atoms with van der Waals surface area (Å²) in [5.41, 5.74) is 2.65. The second-order valence-corrected chi connectivity index (χ2v) is 6.39. The summed E-state index contributed by atoms with van der Waals surface area (Å²) < 4.78 is 4.97. The van der Waals surface area contributed by atoms with E-state index in [4.69, 9.17) is 4.74 Å². The third kappa shape index (κ3) is 4.33. The summed E-state index contributed by atoms with van der Waals surface area (Å²) in [5, 5.41) is 12.5. The van der Waals surface area contributed by atoms with Crippen molar-refractivity contribution in [2.24, 2.45) is 0 Å². The minimum Gasteiger partial charge on any atom is -0.507 e. The summed E-state index contributed by atoms with van der Waals surface area (Å²) in [5.74, 6) is -1.33. The smallest absolute Gasteiger partial charge is 0.342 e. The summed E-state index contributed by atoms with van der Waals surface area (Å²) in [6, 6.07) is 12.2. The predicted molar refractivity (Wildman–Crippen MR) is 99.6 cm³/mol. The van der Waals surface area contributed by atoms with E-state index in [0.717, 1.165) is 24.3 Å². The molecule has 26 heavy (non-hydrogen) atoms. The summed E-state index contributed by atoms with van der Waals surface area (Å²) in [6.45, 7) is 3.51. The Bertz CT molecular complexity index is 796. The summed E-state index contributed by atoms with van der Waals surface area (Å²) in [7, 11) is 0. The van der Waals surface area contributed by atoms with E-state index in [0.29, 0.717) is 5.69 Å². The van der Waals surface area contributed by atoms with Crippen molar-refractivity contribution in [3.05, 3.63) is 53.6 Å². The topological polar surface area (TPSA) is 78.9 Å². The molecule has 0 unspecified atom stereocenters. The van der Waals surface area contributed by atoms with Crippen LogP contribution in [0.25, 0.3) is 0 Å². The van der Waals surface area contributed by atoms with Crippen LogP contribution in [0, 0.1) is 6.92 Å². The zero-order valence-corrected chi connectivity index (χ0v) is 14.7. The third-order valence-corrected chi connectivity index (χ3v) is 4.33. The number of aromatic hydroxyl groups is 1. The SMILES string of the molecule is Cc1ccc(C(=O)OCC(=O)Nc2ccc(N3CCCC3)cc2)c(O)c1. The van der Waals surface area contributed by atoms with Crippen molar-refractivity contribution in [2.45, 2.75) is 19.8 Å². The van der Waals surface area contributed by atoms with Crippen LogP contribution in [0.15, 0.2) is 42.5 Å². The Labute approximate surface area is 152 Å². The van der Waals surface area contributed by atoms with Crippen LogP contribution in [0.5, 0.6) is 5.75 Å². The standard InChI is InChI=1S/C20H22N2O4/c1-14-4-9-17(18(23)12-14)20(25)26-13-19(24)21-15-5-7-16(8-6-15)22-10-2-3-11-22/h4-9,12,23H,2-3,10-11,13H2,1H3,(H,21,24). The zero-order chi connectivity index (χ0) is 18.5. The van der Waals surface area contributed by atoms with Gasteiger partial charge in [0.05, 0.1) is 0 Å². The molecule has 0 atom stereocenters. The molecule has 2 N–H and O–H groups in total. The van der Waals surface area contributed by atoms with Gasteiger partial charge in [0.25, 0.3) is 5.91 Å². The molecule has 0 aromatic heterocycles. The Morgan fingerprint density at radius 1 is 1.12 bits per heavy atom. The molecule has 0 saturated carbocycles. The van der Waals surface area contributed by atoms with Gasteiger partial charge in [-0.15, -0.1) is 0 Å². The number of nitrogens with one attached hydrogen (secondary N) is 1. The second-order valence-electron chi connectivity index (χ2n) is 6.39. The summed E-state index contributed by atoms with van der Waals surface area (Å²) in [4.78, 5) is 26.2. The number of nitrogens with zero attached hydrogens (tertiary/aromatic N) is 1. The lowest BCUT2D eigenvalue weighted by Crippen LogP contribution is -2.21. The van der Waals surface area contributed by atoms with Crippen LogP contribution in [0.3, 0.4) is 0 Å². The number of phenolic OH excluding ortho intramolecular Hbond substituents is 1. The van der Waals surface area contributed by atoms with E-state index in [2.05, 4.69) is 10.2 Å². The number of hydrogen-bond donors (Lipinski definition) is 2. The van der Waals surface area contributed by atoms with Gasteiger partial charge in [0.15, 0.2) is 6.61 Å². The largest absolute Gasteiger partial charge is 0.507 e. The summed E-state index contributed by atoms with van der Waals surface area (Å²) in [6.07, 6.45) is 2.42. The fraction of sp³-hybridized carbons (Fsp3) is 0.300. The van der Waals surface area contributed by atoms with Crippen LogP contribution in [0.2, 0.25) is 0 Å². The van der Waals surface area contributed by atoms with Crippen molar-refractivity contribution >= 4 is 23.3 Å². The Morgan fingerprint density at radius 3 is 2.46 bits per heavy atom. The first-order valence-corrected chi connectivity index (χ1v) is 8.64. The lowest BCUT2D eigenvalue weighted by Gasteiger charge is -2.17. The van der Waals surface area contributed by atoms with Crippen LogP contribution in [-0.4, -0.2) is 36.7 Å². The van der Waals surface area contributed by atoms with Crippen LogP contribution in [0.1, 0.15) is 28.8 Å². The maximum absolute atomic E-state index is 12.0. The molecule has 1 aliphatic heterocycles. The molecular weight excluding hydrogens is 332 g/mol. The van der Waals surface area contributed by atoms with E-state index < -0.39 is 18.5 Å². The van der Waals surface area contributed by atoms with E-state index in [1.54, 1.807) is 13.0 Å². The highest BCUT2D eigenvalue weighted by molar-refractivity contribution is 5.96. The first-order valence-electron chi connectivity index (χ1n) is 8.64. The molecule has 0 aliphatic carbocycles. The molecule has 1 fully saturated rings. The first kappa shape index (κ1) is 17.8. The maximum atomic E-state index is 12.0. The fourth-order valence-electron chi connectivity index (χ4n) is 2.95. The number of hydrogen-bond acceptors (Lipinski definition) is 5. The summed E-state index contributed by atoms with van der Waals surface area (Å²) >= 11 is 0. The minimum absolute atomic E-state index is 0.0402. The second kappa shape index (κ2) is 7.91. The lowest BCUT2D eigenvalue weighted by molar-refractivity contribution is -0.119. The number of carbonyl (C=O) groups is 2. The first-order chi connectivity index (χ1) is 12.5. The molecule has 3 rings (SSSR count). The van der Waals surface area contributed by atoms with Crippen LogP contribution < -0.4 is 10.2 Å². The van der Waals surface area contributed by atoms with Crippen molar-refractivity contribution in [1.29, 1.82) is 0 Å². The van der Waals surface area contributed by atoms with E-state index >= 15 is 0 Å². The molecular formula is C20H22N2O4. The van der Waals surface area contributed by atoms with Gasteiger partial charge < -0.3 is 20.1 Å². The van der Waals surface area contributed by atoms with Crippen LogP contribution in [0.4, 0.5) is 11.4 Å². The molecule has 1 saturated heterocycles. The van der Waals surface area contributed by atoms with Crippen LogP contribution >= 0.6 is 0 Å². The monoisotopic (exact) mass is 354 g/mol. The van der Waals surface area contributed by atoms with Gasteiger partial charge in [-0.1, -0.05) is 6.07 Å². The molecule has 0 radical (unpaired) electrons. The quantitative estimate of drug-likeness (QED) is 0.807. The minimum atomic E-state index is -0.734. The van der Waals surface area contributed by atoms with Crippen molar-refractivity contribution in [2.75, 3.05) is 29.9 Å². The molecule has 1 heterocycles. The fourth-order valence-corrected chi connectivity index (χ4v) is 2.95. The maximum Gasteiger partial charge on any atom is 0.342 e. The molecule has 136 valence electrons. The molecule has 0 bridgehead atoms. The highest BCUT2D eigenvalue weighted by Gasteiger charge is 2.15. The molecule has 0 spiro atoms. The Balaban J connectivity index is 1.51. The molecule has 6 heteroatoms. The van der Waals surface area contributed by atoms with Gasteiger partial charge >= 0.3 is 5.97 Å². The van der Waals surface area contributed by atoms with Crippen molar-refractivity contribution < 1.29 is 19.4 Å². The normalized spacial score (nSPS) is 13.5. The Hall–Kier alpha value is -3.02. The number of phenols is 1. The number of esters is 1. The van der Waals surface area contributed by atoms with Crippen molar-refractivity contribution in [1.82, 2.24) is 0 Å². The van der Waals surface area contributed by atoms with Crippen molar-refractivity contribution in [3.8, 4) is 5.75 Å². The van der Waals surface area contributed by atoms with Gasteiger partial charge in [-0.3, -0.25) is 4.79 Å². The van der Waals surface area contributed by atoms with E-state index in [1.807, 2.05) is 24.3 Å². The molecule has 2 aromatic carbocycles. The Morgan fingerprint density at radius 2 is 1.81 bits per heavy atom. The highest BCUT2D eigenvalue weighted by atomic mass is 16.5. The molecule has 1 amide bonds. The van der Waals surface area contributed by atoms with Gasteiger partial charge in [-0.25, -0.2) is 4.79 Å². The predicted octanol–water partition coefficient (Wildman–Crippen LogP) is 3.10. The Kier molecular flexibility index (Phi) is 5.41. The van der Waals surface area contributed by atoms with Gasteiger partial charge in [0.1, 0.15) is 11.3 Å². The third-order valence-electron chi connectivity index (χ3n) is 4.33. The highest BCUT2D eigenvalue weighted by Crippen LogP contribution is 2.22. The molecule has 6 nitrogen and oxygen atoms in total. The van der Waals surface area contributed by atoms with Gasteiger partial charge in [0.2, 0.25) is 0 Å². The average Bonchev–Trinajstić information content (AvgIpc) is 3.15. The number of ether oxygens (including phenoxy) is 1. The van der Waals surface area contributed by atoms with Crippen LogP contribution in [-0.2, 0) is 9.53 Å². The average molecular weight is 354 g/mol. The van der Waals surface area contributed by atoms with E-state index in [1.165, 1.54) is 25.0 Å². The number of amides is 1.